The lowest BCUT2D eigenvalue weighted by Crippen LogP contribution is -2.05. The Kier molecular flexibility index (Phi) is 5.52. The van der Waals surface area contributed by atoms with Gasteiger partial charge in [0.2, 0.25) is 0 Å². The van der Waals surface area contributed by atoms with Crippen molar-refractivity contribution < 1.29 is 4.79 Å². The highest BCUT2D eigenvalue weighted by molar-refractivity contribution is 5.85. The molecule has 0 aromatic rings. The molecule has 0 saturated heterocycles. The van der Waals surface area contributed by atoms with Crippen LogP contribution in [0.3, 0.4) is 0 Å². The second-order valence-corrected chi connectivity index (χ2v) is 2.09. The Bertz CT molecular complexity index is 81.0. The molecule has 9 heavy (non-hydrogen) atoms. The maximum atomic E-state index is 10.5. The highest BCUT2D eigenvalue weighted by Gasteiger charge is 1.95. The van der Waals surface area contributed by atoms with Crippen LogP contribution in [0.2, 0.25) is 0 Å². The molecule has 2 nitrogen and oxygen atoms in total. The number of unbranched alkanes of at least 4 members (excludes halogenated alkanes) is 2. The summed E-state index contributed by atoms with van der Waals surface area (Å²) in [5, 5.41) is 0. The smallest absolute Gasteiger partial charge is 0.151 e. The molecule has 0 saturated carbocycles. The molecule has 0 bridgehead atoms. The lowest BCUT2D eigenvalue weighted by molar-refractivity contribution is -0.116. The molecule has 0 amide bonds. The summed E-state index contributed by atoms with van der Waals surface area (Å²) in [5.41, 5.74) is 4.98. The van der Waals surface area contributed by atoms with Gasteiger partial charge in [-0.1, -0.05) is 19.8 Å². The van der Waals surface area contributed by atoms with E-state index in [2.05, 4.69) is 6.92 Å². The number of Topliss-reactive ketones (excluding diaryl/α,β-unsaturated/α-hetero) is 1. The normalized spacial score (nSPS) is 9.56. The first kappa shape index (κ1) is 8.63. The average Bonchev–Trinajstić information content (AvgIpc) is 1.89. The number of rotatable bonds is 5. The van der Waals surface area contributed by atoms with Crippen molar-refractivity contribution in [3.05, 3.63) is 6.54 Å². The van der Waals surface area contributed by atoms with Crippen molar-refractivity contribution in [2.24, 2.45) is 5.73 Å². The third kappa shape index (κ3) is 5.50. The molecule has 0 spiro atoms. The van der Waals surface area contributed by atoms with Gasteiger partial charge in [0.15, 0.2) is 5.78 Å². The summed E-state index contributed by atoms with van der Waals surface area (Å²) in [6, 6.07) is 0. The first-order valence-corrected chi connectivity index (χ1v) is 3.39. The number of hydrogen-bond acceptors (Lipinski definition) is 2. The molecule has 2 N–H and O–H groups in total. The van der Waals surface area contributed by atoms with Crippen LogP contribution in [0, 0.1) is 6.54 Å². The van der Waals surface area contributed by atoms with E-state index >= 15 is 0 Å². The van der Waals surface area contributed by atoms with Crippen LogP contribution < -0.4 is 5.73 Å². The van der Waals surface area contributed by atoms with E-state index in [0.29, 0.717) is 6.42 Å². The fourth-order valence-corrected chi connectivity index (χ4v) is 0.633. The predicted octanol–water partition coefficient (Wildman–Crippen LogP) is 1.26. The second-order valence-electron chi connectivity index (χ2n) is 2.09. The number of hydrogen-bond donors (Lipinski definition) is 1. The maximum Gasteiger partial charge on any atom is 0.151 e. The van der Waals surface area contributed by atoms with Crippen LogP contribution in [0.1, 0.15) is 32.6 Å². The Morgan fingerprint density at radius 3 is 2.67 bits per heavy atom. The molecule has 53 valence electrons. The largest absolute Gasteiger partial charge is 0.320 e. The van der Waals surface area contributed by atoms with E-state index < -0.39 is 0 Å². The Morgan fingerprint density at radius 1 is 1.56 bits per heavy atom. The fourth-order valence-electron chi connectivity index (χ4n) is 0.633. The van der Waals surface area contributed by atoms with Crippen molar-refractivity contribution in [3.8, 4) is 0 Å². The van der Waals surface area contributed by atoms with Gasteiger partial charge in [0, 0.05) is 6.42 Å². The summed E-state index contributed by atoms with van der Waals surface area (Å²) in [6.45, 7) is 3.26. The van der Waals surface area contributed by atoms with Gasteiger partial charge in [-0.05, 0) is 6.42 Å². The van der Waals surface area contributed by atoms with Crippen LogP contribution in [0.5, 0.6) is 0 Å². The lowest BCUT2D eigenvalue weighted by atomic mass is 10.1. The summed E-state index contributed by atoms with van der Waals surface area (Å²) in [6.07, 6.45) is 3.87. The minimum atomic E-state index is 0.0588. The zero-order valence-corrected chi connectivity index (χ0v) is 5.89. The summed E-state index contributed by atoms with van der Waals surface area (Å²) in [7, 11) is 0. The standard InChI is InChI=1S/C7H14NO/c1-2-3-4-5-7(9)6-8/h6H,2-5,8H2,1H3. The average molecular weight is 128 g/mol. The van der Waals surface area contributed by atoms with Gasteiger partial charge in [-0.25, -0.2) is 0 Å². The van der Waals surface area contributed by atoms with Crippen LogP contribution in [0.4, 0.5) is 0 Å². The molecule has 0 fully saturated rings. The Labute approximate surface area is 56.4 Å². The second kappa shape index (κ2) is 5.76. The van der Waals surface area contributed by atoms with E-state index in [1.807, 2.05) is 0 Å². The van der Waals surface area contributed by atoms with E-state index in [4.69, 9.17) is 5.73 Å². The van der Waals surface area contributed by atoms with E-state index in [1.54, 1.807) is 0 Å². The molecule has 0 unspecified atom stereocenters. The minimum Gasteiger partial charge on any atom is -0.320 e. The van der Waals surface area contributed by atoms with Gasteiger partial charge >= 0.3 is 0 Å². The van der Waals surface area contributed by atoms with Crippen molar-refractivity contribution >= 4 is 5.78 Å². The van der Waals surface area contributed by atoms with Crippen LogP contribution in [0.15, 0.2) is 0 Å². The van der Waals surface area contributed by atoms with Crippen molar-refractivity contribution in [2.75, 3.05) is 0 Å². The van der Waals surface area contributed by atoms with Crippen molar-refractivity contribution in [2.45, 2.75) is 32.6 Å². The topological polar surface area (TPSA) is 43.1 Å². The highest BCUT2D eigenvalue weighted by atomic mass is 16.1. The minimum absolute atomic E-state index is 0.0588. The van der Waals surface area contributed by atoms with Crippen molar-refractivity contribution in [3.63, 3.8) is 0 Å². The van der Waals surface area contributed by atoms with Gasteiger partial charge in [0.05, 0.1) is 6.54 Å². The van der Waals surface area contributed by atoms with E-state index in [9.17, 15) is 4.79 Å². The van der Waals surface area contributed by atoms with Gasteiger partial charge in [-0.2, -0.15) is 0 Å². The van der Waals surface area contributed by atoms with Gasteiger partial charge in [0.25, 0.3) is 0 Å². The molecule has 2 heteroatoms. The molecule has 0 aromatic carbocycles. The van der Waals surface area contributed by atoms with Gasteiger partial charge in [-0.3, -0.25) is 4.79 Å². The van der Waals surface area contributed by atoms with Gasteiger partial charge in [-0.15, -0.1) is 0 Å². The monoisotopic (exact) mass is 128 g/mol. The molecular formula is C7H14NO. The van der Waals surface area contributed by atoms with Gasteiger partial charge in [0.1, 0.15) is 0 Å². The first-order valence-electron chi connectivity index (χ1n) is 3.39. The molecule has 0 atom stereocenters. The van der Waals surface area contributed by atoms with Crippen LogP contribution in [-0.4, -0.2) is 5.78 Å². The summed E-state index contributed by atoms with van der Waals surface area (Å²) >= 11 is 0. The third-order valence-electron chi connectivity index (χ3n) is 1.21. The lowest BCUT2D eigenvalue weighted by Gasteiger charge is -1.93. The number of carbonyl (C=O) groups excluding carboxylic acids is 1. The Balaban J connectivity index is 2.97. The molecular weight excluding hydrogens is 114 g/mol. The van der Waals surface area contributed by atoms with Crippen LogP contribution in [-0.2, 0) is 4.79 Å². The third-order valence-corrected chi connectivity index (χ3v) is 1.21. The van der Waals surface area contributed by atoms with Crippen LogP contribution >= 0.6 is 0 Å². The van der Waals surface area contributed by atoms with Crippen molar-refractivity contribution in [1.29, 1.82) is 0 Å². The zero-order chi connectivity index (χ0) is 7.11. The Morgan fingerprint density at radius 2 is 2.22 bits per heavy atom. The number of nitrogens with two attached hydrogens (primary N) is 1. The van der Waals surface area contributed by atoms with E-state index in [1.165, 1.54) is 0 Å². The highest BCUT2D eigenvalue weighted by Crippen LogP contribution is 1.99. The maximum absolute atomic E-state index is 10.5. The molecule has 1 radical (unpaired) electrons. The number of carbonyl (C=O) groups is 1. The predicted molar refractivity (Wildman–Crippen MR) is 37.6 cm³/mol. The SMILES string of the molecule is CCCCCC(=O)[CH]N. The molecule has 0 aliphatic heterocycles. The molecule has 0 aromatic heterocycles. The molecule has 0 aliphatic carbocycles. The molecule has 0 heterocycles. The summed E-state index contributed by atoms with van der Waals surface area (Å²) < 4.78 is 0. The Hall–Kier alpha value is -0.370. The molecule has 0 aliphatic rings. The van der Waals surface area contributed by atoms with Crippen LogP contribution in [0.25, 0.3) is 0 Å². The van der Waals surface area contributed by atoms with E-state index in [-0.39, 0.29) is 5.78 Å². The molecule has 0 rings (SSSR count). The van der Waals surface area contributed by atoms with E-state index in [0.717, 1.165) is 25.8 Å². The number of ketones is 1. The zero-order valence-electron chi connectivity index (χ0n) is 5.89. The van der Waals surface area contributed by atoms with Crippen molar-refractivity contribution in [1.82, 2.24) is 0 Å². The summed E-state index contributed by atoms with van der Waals surface area (Å²) in [4.78, 5) is 10.5. The first-order chi connectivity index (χ1) is 4.31. The van der Waals surface area contributed by atoms with Gasteiger partial charge < -0.3 is 5.73 Å². The summed E-state index contributed by atoms with van der Waals surface area (Å²) in [5.74, 6) is 0.0588. The fraction of sp³-hybridized carbons (Fsp3) is 0.714. The quantitative estimate of drug-likeness (QED) is 0.566.